The minimum Gasteiger partial charge on any atom is -0.405 e. The van der Waals surface area contributed by atoms with Crippen molar-refractivity contribution < 1.29 is 13.2 Å². The Bertz CT molecular complexity index is 852. The predicted octanol–water partition coefficient (Wildman–Crippen LogP) is 1.60. The molecule has 0 amide bonds. The van der Waals surface area contributed by atoms with Crippen LogP contribution in [0.25, 0.3) is 11.1 Å². The number of alkyl halides is 2. The van der Waals surface area contributed by atoms with Crippen molar-refractivity contribution in [3.63, 3.8) is 0 Å². The van der Waals surface area contributed by atoms with E-state index in [0.29, 0.717) is 22.6 Å². The van der Waals surface area contributed by atoms with Gasteiger partial charge in [-0.2, -0.15) is 5.10 Å². The fourth-order valence-electron chi connectivity index (χ4n) is 2.17. The van der Waals surface area contributed by atoms with Crippen molar-refractivity contribution in [3.05, 3.63) is 40.9 Å². The summed E-state index contributed by atoms with van der Waals surface area (Å²) >= 11 is 0. The average Bonchev–Trinajstić information content (AvgIpc) is 3.02. The molecule has 0 radical (unpaired) electrons. The van der Waals surface area contributed by atoms with E-state index in [1.807, 2.05) is 0 Å². The molecule has 9 heteroatoms. The van der Waals surface area contributed by atoms with Crippen molar-refractivity contribution in [2.75, 3.05) is 5.32 Å². The molecule has 3 aromatic rings. The number of hydrogen-bond donors (Lipinski definition) is 1. The molecule has 0 aliphatic heterocycles. The van der Waals surface area contributed by atoms with E-state index in [1.165, 1.54) is 10.9 Å². The van der Waals surface area contributed by atoms with Crippen LogP contribution in [0.4, 0.5) is 14.5 Å². The molecule has 3 rings (SSSR count). The van der Waals surface area contributed by atoms with Crippen molar-refractivity contribution in [2.45, 2.75) is 19.5 Å². The summed E-state index contributed by atoms with van der Waals surface area (Å²) in [5.41, 5.74) is 1.64. The van der Waals surface area contributed by atoms with Crippen molar-refractivity contribution in [2.24, 2.45) is 7.05 Å². The van der Waals surface area contributed by atoms with Crippen LogP contribution in [0.15, 0.2) is 33.7 Å². The topological polar surface area (TPSA) is 77.9 Å². The monoisotopic (exact) mass is 309 g/mol. The van der Waals surface area contributed by atoms with Crippen LogP contribution < -0.4 is 11.1 Å². The lowest BCUT2D eigenvalue weighted by atomic mass is 10.2. The molecule has 0 unspecified atom stereocenters. The number of benzene rings is 1. The number of rotatable bonds is 5. The molecule has 0 fully saturated rings. The van der Waals surface area contributed by atoms with E-state index in [4.69, 9.17) is 4.42 Å². The van der Waals surface area contributed by atoms with Crippen molar-refractivity contribution >= 4 is 16.8 Å². The van der Waals surface area contributed by atoms with E-state index in [1.54, 1.807) is 25.2 Å². The van der Waals surface area contributed by atoms with Gasteiger partial charge in [-0.15, -0.1) is 0 Å². The maximum Gasteiger partial charge on any atom is 0.419 e. The number of aryl methyl sites for hydroxylation is 1. The third kappa shape index (κ3) is 2.57. The second-order valence-electron chi connectivity index (χ2n) is 4.68. The van der Waals surface area contributed by atoms with Gasteiger partial charge in [0.15, 0.2) is 5.58 Å². The van der Waals surface area contributed by atoms with Crippen LogP contribution in [0.1, 0.15) is 5.82 Å². The molecule has 2 aromatic heterocycles. The SMILES string of the molecule is Cn1c(=O)oc2c(NCc3ncnn3CC(F)F)cccc21. The van der Waals surface area contributed by atoms with Crippen LogP contribution >= 0.6 is 0 Å². The largest absolute Gasteiger partial charge is 0.419 e. The highest BCUT2D eigenvalue weighted by molar-refractivity contribution is 5.86. The zero-order valence-corrected chi connectivity index (χ0v) is 11.7. The summed E-state index contributed by atoms with van der Waals surface area (Å²) in [4.78, 5) is 15.5. The van der Waals surface area contributed by atoms with Crippen LogP contribution in [-0.4, -0.2) is 25.8 Å². The van der Waals surface area contributed by atoms with Gasteiger partial charge in [-0.25, -0.2) is 23.2 Å². The Morgan fingerprint density at radius 2 is 2.23 bits per heavy atom. The molecule has 1 N–H and O–H groups in total. The zero-order chi connectivity index (χ0) is 15.7. The molecule has 116 valence electrons. The number of anilines is 1. The van der Waals surface area contributed by atoms with Gasteiger partial charge in [-0.05, 0) is 12.1 Å². The summed E-state index contributed by atoms with van der Waals surface area (Å²) in [6, 6.07) is 5.26. The van der Waals surface area contributed by atoms with Crippen molar-refractivity contribution in [1.29, 1.82) is 0 Å². The summed E-state index contributed by atoms with van der Waals surface area (Å²) in [7, 11) is 1.61. The Labute approximate surface area is 123 Å². The molecule has 2 heterocycles. The molecule has 0 saturated heterocycles. The Balaban J connectivity index is 1.84. The van der Waals surface area contributed by atoms with Gasteiger partial charge in [0.25, 0.3) is 6.43 Å². The molecule has 1 aromatic carbocycles. The van der Waals surface area contributed by atoms with Crippen molar-refractivity contribution in [3.8, 4) is 0 Å². The number of oxazole rings is 1. The fourth-order valence-corrected chi connectivity index (χ4v) is 2.17. The fraction of sp³-hybridized carbons (Fsp3) is 0.308. The molecular formula is C13H13F2N5O2. The lowest BCUT2D eigenvalue weighted by Crippen LogP contribution is -2.14. The molecule has 7 nitrogen and oxygen atoms in total. The highest BCUT2D eigenvalue weighted by atomic mass is 19.3. The van der Waals surface area contributed by atoms with Gasteiger partial charge in [0.05, 0.1) is 17.7 Å². The minimum absolute atomic E-state index is 0.185. The van der Waals surface area contributed by atoms with Gasteiger partial charge in [-0.1, -0.05) is 6.07 Å². The van der Waals surface area contributed by atoms with Crippen LogP contribution in [-0.2, 0) is 20.1 Å². The normalized spacial score (nSPS) is 11.5. The highest BCUT2D eigenvalue weighted by Crippen LogP contribution is 2.22. The first-order valence-electron chi connectivity index (χ1n) is 6.53. The van der Waals surface area contributed by atoms with Crippen LogP contribution in [0.2, 0.25) is 0 Å². The third-order valence-corrected chi connectivity index (χ3v) is 3.26. The summed E-state index contributed by atoms with van der Waals surface area (Å²) in [5.74, 6) is -0.0966. The quantitative estimate of drug-likeness (QED) is 0.774. The Morgan fingerprint density at radius 3 is 3.00 bits per heavy atom. The second kappa shape index (κ2) is 5.58. The van der Waals surface area contributed by atoms with Crippen LogP contribution in [0, 0.1) is 0 Å². The lowest BCUT2D eigenvalue weighted by Gasteiger charge is -2.08. The van der Waals surface area contributed by atoms with E-state index >= 15 is 0 Å². The minimum atomic E-state index is -2.50. The first kappa shape index (κ1) is 14.2. The summed E-state index contributed by atoms with van der Waals surface area (Å²) < 4.78 is 32.6. The number of nitrogens with zero attached hydrogens (tertiary/aromatic N) is 4. The highest BCUT2D eigenvalue weighted by Gasteiger charge is 2.13. The van der Waals surface area contributed by atoms with E-state index in [0.717, 1.165) is 4.68 Å². The zero-order valence-electron chi connectivity index (χ0n) is 11.7. The van der Waals surface area contributed by atoms with Crippen LogP contribution in [0.5, 0.6) is 0 Å². The van der Waals surface area contributed by atoms with Crippen molar-refractivity contribution in [1.82, 2.24) is 19.3 Å². The first-order valence-corrected chi connectivity index (χ1v) is 6.53. The Morgan fingerprint density at radius 1 is 1.41 bits per heavy atom. The molecule has 0 atom stereocenters. The average molecular weight is 309 g/mol. The molecule has 0 bridgehead atoms. The van der Waals surface area contributed by atoms with Gasteiger partial charge >= 0.3 is 5.76 Å². The summed E-state index contributed by atoms with van der Waals surface area (Å²) in [6.45, 7) is -0.327. The standard InChI is InChI=1S/C13H13F2N5O2/c1-19-9-4-2-3-8(12(9)22-13(19)21)16-5-11-17-7-18-20(11)6-10(14)15/h2-4,7,10,16H,5-6H2,1H3. The number of fused-ring (bicyclic) bond motifs is 1. The van der Waals surface area contributed by atoms with Gasteiger partial charge in [0, 0.05) is 7.05 Å². The molecular weight excluding hydrogens is 296 g/mol. The summed E-state index contributed by atoms with van der Waals surface area (Å²) in [6.07, 6.45) is -1.28. The number of nitrogens with one attached hydrogen (secondary N) is 1. The Kier molecular flexibility index (Phi) is 3.61. The number of para-hydroxylation sites is 1. The van der Waals surface area contributed by atoms with E-state index in [9.17, 15) is 13.6 Å². The number of hydrogen-bond acceptors (Lipinski definition) is 5. The van der Waals surface area contributed by atoms with Gasteiger partial charge < -0.3 is 9.73 Å². The lowest BCUT2D eigenvalue weighted by molar-refractivity contribution is 0.120. The Hall–Kier alpha value is -2.71. The maximum absolute atomic E-state index is 12.4. The molecule has 0 aliphatic rings. The van der Waals surface area contributed by atoms with E-state index in [-0.39, 0.29) is 6.54 Å². The van der Waals surface area contributed by atoms with Crippen LogP contribution in [0.3, 0.4) is 0 Å². The molecule has 0 saturated carbocycles. The van der Waals surface area contributed by atoms with Gasteiger partial charge in [-0.3, -0.25) is 4.57 Å². The maximum atomic E-state index is 12.4. The molecule has 22 heavy (non-hydrogen) atoms. The van der Waals surface area contributed by atoms with E-state index < -0.39 is 18.7 Å². The number of halogens is 2. The second-order valence-corrected chi connectivity index (χ2v) is 4.68. The van der Waals surface area contributed by atoms with E-state index in [2.05, 4.69) is 15.4 Å². The van der Waals surface area contributed by atoms with Gasteiger partial charge in [0.2, 0.25) is 0 Å². The summed E-state index contributed by atoms with van der Waals surface area (Å²) in [5, 5.41) is 6.79. The molecule has 0 spiro atoms. The first-order chi connectivity index (χ1) is 10.6. The predicted molar refractivity (Wildman–Crippen MR) is 74.8 cm³/mol. The molecule has 0 aliphatic carbocycles. The number of aromatic nitrogens is 4. The smallest absolute Gasteiger partial charge is 0.405 e. The van der Waals surface area contributed by atoms with Gasteiger partial charge in [0.1, 0.15) is 18.7 Å². The third-order valence-electron chi connectivity index (χ3n) is 3.26.